The van der Waals surface area contributed by atoms with E-state index >= 15 is 0 Å². The van der Waals surface area contributed by atoms with Gasteiger partial charge in [0.2, 0.25) is 0 Å². The van der Waals surface area contributed by atoms with Crippen LogP contribution in [0.4, 0.5) is 0 Å². The van der Waals surface area contributed by atoms with Gasteiger partial charge in [-0.2, -0.15) is 5.10 Å². The summed E-state index contributed by atoms with van der Waals surface area (Å²) in [5.74, 6) is 0.978. The summed E-state index contributed by atoms with van der Waals surface area (Å²) < 4.78 is 7.50. The Morgan fingerprint density at radius 3 is 3.24 bits per heavy atom. The number of nitrogens with zero attached hydrogens (tertiary/aromatic N) is 3. The molecule has 2 aromatic heterocycles. The highest BCUT2D eigenvalue weighted by Gasteiger charge is 2.22. The molecule has 1 unspecified atom stereocenters. The molecule has 0 aliphatic carbocycles. The van der Waals surface area contributed by atoms with Crippen molar-refractivity contribution >= 4 is 5.65 Å². The van der Waals surface area contributed by atoms with E-state index in [-0.39, 0.29) is 6.04 Å². The second kappa shape index (κ2) is 4.86. The Morgan fingerprint density at radius 1 is 1.38 bits per heavy atom. The highest BCUT2D eigenvalue weighted by atomic mass is 16.5. The van der Waals surface area contributed by atoms with Gasteiger partial charge in [0.05, 0.1) is 11.7 Å². The molecule has 0 amide bonds. The molecule has 1 atom stereocenters. The van der Waals surface area contributed by atoms with E-state index in [1.54, 1.807) is 0 Å². The Kier molecular flexibility index (Phi) is 2.86. The number of benzene rings is 1. The summed E-state index contributed by atoms with van der Waals surface area (Å²) in [6.07, 6.45) is 3.91. The molecule has 106 valence electrons. The van der Waals surface area contributed by atoms with Crippen LogP contribution in [0.5, 0.6) is 5.75 Å². The average molecular weight is 280 g/mol. The van der Waals surface area contributed by atoms with Crippen LogP contribution in [-0.4, -0.2) is 21.2 Å². The van der Waals surface area contributed by atoms with Crippen molar-refractivity contribution in [3.05, 3.63) is 59.5 Å². The van der Waals surface area contributed by atoms with Crippen molar-refractivity contribution in [3.63, 3.8) is 0 Å². The minimum absolute atomic E-state index is 0.233. The minimum Gasteiger partial charge on any atom is -0.491 e. The molecular weight excluding hydrogens is 264 g/mol. The van der Waals surface area contributed by atoms with Gasteiger partial charge in [0.1, 0.15) is 12.4 Å². The molecule has 5 heteroatoms. The van der Waals surface area contributed by atoms with Gasteiger partial charge in [-0.1, -0.05) is 18.2 Å². The van der Waals surface area contributed by atoms with Crippen LogP contribution in [0, 0.1) is 6.92 Å². The van der Waals surface area contributed by atoms with Crippen LogP contribution >= 0.6 is 0 Å². The zero-order valence-electron chi connectivity index (χ0n) is 11.8. The molecule has 1 N–H and O–H groups in total. The maximum Gasteiger partial charge on any atom is 0.155 e. The minimum atomic E-state index is 0.233. The fourth-order valence-electron chi connectivity index (χ4n) is 2.70. The number of hydrogen-bond acceptors (Lipinski definition) is 4. The zero-order chi connectivity index (χ0) is 14.2. The largest absolute Gasteiger partial charge is 0.491 e. The van der Waals surface area contributed by atoms with E-state index in [1.165, 1.54) is 5.56 Å². The van der Waals surface area contributed by atoms with Crippen LogP contribution in [0.25, 0.3) is 5.65 Å². The topological polar surface area (TPSA) is 51.5 Å². The SMILES string of the molecule is Cc1cc2ncc(CNC3COc4ccccc43)cn2n1. The lowest BCUT2D eigenvalue weighted by Crippen LogP contribution is -2.22. The van der Waals surface area contributed by atoms with Crippen LogP contribution in [0.15, 0.2) is 42.7 Å². The Balaban J connectivity index is 1.51. The summed E-state index contributed by atoms with van der Waals surface area (Å²) >= 11 is 0. The monoisotopic (exact) mass is 280 g/mol. The van der Waals surface area contributed by atoms with Gasteiger partial charge in [-0.3, -0.25) is 0 Å². The zero-order valence-corrected chi connectivity index (χ0v) is 11.8. The molecule has 0 fully saturated rings. The lowest BCUT2D eigenvalue weighted by atomic mass is 10.1. The molecule has 21 heavy (non-hydrogen) atoms. The number of para-hydroxylation sites is 1. The smallest absolute Gasteiger partial charge is 0.155 e. The molecule has 0 bridgehead atoms. The molecule has 3 heterocycles. The predicted molar refractivity (Wildman–Crippen MR) is 79.2 cm³/mol. The third-order valence-electron chi connectivity index (χ3n) is 3.74. The van der Waals surface area contributed by atoms with E-state index in [1.807, 2.05) is 48.1 Å². The van der Waals surface area contributed by atoms with Gasteiger partial charge in [-0.25, -0.2) is 9.50 Å². The first-order chi connectivity index (χ1) is 10.3. The summed E-state index contributed by atoms with van der Waals surface area (Å²) in [6.45, 7) is 3.39. The number of rotatable bonds is 3. The molecule has 5 nitrogen and oxygen atoms in total. The van der Waals surface area contributed by atoms with Crippen molar-refractivity contribution < 1.29 is 4.74 Å². The van der Waals surface area contributed by atoms with Crippen molar-refractivity contribution in [2.75, 3.05) is 6.61 Å². The van der Waals surface area contributed by atoms with Gasteiger partial charge in [0.15, 0.2) is 5.65 Å². The van der Waals surface area contributed by atoms with E-state index in [4.69, 9.17) is 4.74 Å². The molecule has 1 aromatic carbocycles. The fourth-order valence-corrected chi connectivity index (χ4v) is 2.70. The highest BCUT2D eigenvalue weighted by molar-refractivity contribution is 5.40. The van der Waals surface area contributed by atoms with E-state index in [0.717, 1.165) is 29.2 Å². The van der Waals surface area contributed by atoms with E-state index in [0.29, 0.717) is 6.61 Å². The van der Waals surface area contributed by atoms with Crippen LogP contribution in [0.2, 0.25) is 0 Å². The summed E-state index contributed by atoms with van der Waals surface area (Å²) in [4.78, 5) is 4.42. The van der Waals surface area contributed by atoms with E-state index in [2.05, 4.69) is 21.5 Å². The summed E-state index contributed by atoms with van der Waals surface area (Å²) in [6, 6.07) is 10.4. The molecule has 1 aliphatic rings. The van der Waals surface area contributed by atoms with Gasteiger partial charge in [-0.05, 0) is 13.0 Å². The molecule has 0 radical (unpaired) electrons. The third kappa shape index (κ3) is 2.25. The Labute approximate surface area is 122 Å². The Hall–Kier alpha value is -2.40. The average Bonchev–Trinajstić information content (AvgIpc) is 3.07. The molecular formula is C16H16N4O. The van der Waals surface area contributed by atoms with Crippen molar-refractivity contribution in [1.29, 1.82) is 0 Å². The maximum absolute atomic E-state index is 5.68. The van der Waals surface area contributed by atoms with Gasteiger partial charge >= 0.3 is 0 Å². The van der Waals surface area contributed by atoms with E-state index in [9.17, 15) is 0 Å². The molecule has 0 saturated carbocycles. The molecule has 0 saturated heterocycles. The summed E-state index contributed by atoms with van der Waals surface area (Å²) in [7, 11) is 0. The van der Waals surface area contributed by atoms with Crippen LogP contribution < -0.4 is 10.1 Å². The lowest BCUT2D eigenvalue weighted by Gasteiger charge is -2.11. The first-order valence-corrected chi connectivity index (χ1v) is 7.05. The predicted octanol–water partition coefficient (Wildman–Crippen LogP) is 2.26. The lowest BCUT2D eigenvalue weighted by molar-refractivity contribution is 0.310. The van der Waals surface area contributed by atoms with Crippen LogP contribution in [0.3, 0.4) is 0 Å². The van der Waals surface area contributed by atoms with Crippen molar-refractivity contribution in [3.8, 4) is 5.75 Å². The molecule has 1 aliphatic heterocycles. The first-order valence-electron chi connectivity index (χ1n) is 7.05. The molecule has 4 rings (SSSR count). The Morgan fingerprint density at radius 2 is 2.29 bits per heavy atom. The van der Waals surface area contributed by atoms with Crippen LogP contribution in [0.1, 0.15) is 22.9 Å². The second-order valence-electron chi connectivity index (χ2n) is 5.33. The number of aryl methyl sites for hydroxylation is 1. The van der Waals surface area contributed by atoms with Gasteiger partial charge in [0.25, 0.3) is 0 Å². The number of aromatic nitrogens is 3. The number of nitrogens with one attached hydrogen (secondary N) is 1. The number of hydrogen-bond donors (Lipinski definition) is 1. The van der Waals surface area contributed by atoms with Gasteiger partial charge in [-0.15, -0.1) is 0 Å². The van der Waals surface area contributed by atoms with Crippen molar-refractivity contribution in [2.45, 2.75) is 19.5 Å². The maximum atomic E-state index is 5.68. The van der Waals surface area contributed by atoms with Gasteiger partial charge in [0, 0.05) is 36.1 Å². The third-order valence-corrected chi connectivity index (χ3v) is 3.74. The standard InChI is InChI=1S/C16H16N4O/c1-11-6-16-18-8-12(9-20(16)19-11)7-17-14-10-21-15-5-3-2-4-13(14)15/h2-6,8-9,14,17H,7,10H2,1H3. The Bertz CT molecular complexity index is 796. The first kappa shape index (κ1) is 12.3. The second-order valence-corrected chi connectivity index (χ2v) is 5.33. The van der Waals surface area contributed by atoms with Crippen molar-refractivity contribution in [1.82, 2.24) is 19.9 Å². The number of ether oxygens (including phenoxy) is 1. The molecule has 3 aromatic rings. The quantitative estimate of drug-likeness (QED) is 0.799. The molecule has 0 spiro atoms. The normalized spacial score (nSPS) is 16.9. The van der Waals surface area contributed by atoms with Crippen LogP contribution in [-0.2, 0) is 6.54 Å². The summed E-state index contributed by atoms with van der Waals surface area (Å²) in [5.41, 5.74) is 4.19. The fraction of sp³-hybridized carbons (Fsp3) is 0.250. The highest BCUT2D eigenvalue weighted by Crippen LogP contribution is 2.31. The van der Waals surface area contributed by atoms with Gasteiger partial charge < -0.3 is 10.1 Å². The number of fused-ring (bicyclic) bond motifs is 2. The van der Waals surface area contributed by atoms with E-state index < -0.39 is 0 Å². The summed E-state index contributed by atoms with van der Waals surface area (Å²) in [5, 5.41) is 7.91. The van der Waals surface area contributed by atoms with Crippen molar-refractivity contribution in [2.24, 2.45) is 0 Å².